The molecule has 1 aromatic rings. The molecule has 0 heterocycles. The maximum Gasteiger partial charge on any atom is 0.120 e. The van der Waals surface area contributed by atoms with Crippen molar-refractivity contribution in [2.75, 3.05) is 0 Å². The molecule has 0 radical (unpaired) electrons. The quantitative estimate of drug-likeness (QED) is 0.726. The average molecular weight is 177 g/mol. The van der Waals surface area contributed by atoms with Gasteiger partial charge in [0, 0.05) is 11.6 Å². The molecule has 2 rings (SSSR count). The van der Waals surface area contributed by atoms with Crippen molar-refractivity contribution >= 4 is 0 Å². The molecule has 3 N–H and O–H groups in total. The van der Waals surface area contributed by atoms with Gasteiger partial charge in [-0.25, -0.2) is 0 Å². The van der Waals surface area contributed by atoms with E-state index in [1.807, 2.05) is 19.1 Å². The van der Waals surface area contributed by atoms with Crippen molar-refractivity contribution < 1.29 is 5.11 Å². The standard InChI is InChI=1S/C11H15NO/c1-7-2-5-9(10(13)6-7)11(12)8-3-4-8/h2,5-6,8,11,13H,3-4,12H2,1H3/t11-/m0/s1. The maximum atomic E-state index is 9.66. The van der Waals surface area contributed by atoms with Crippen LogP contribution < -0.4 is 5.73 Å². The van der Waals surface area contributed by atoms with E-state index in [2.05, 4.69) is 0 Å². The Bertz CT molecular complexity index is 318. The summed E-state index contributed by atoms with van der Waals surface area (Å²) in [5.41, 5.74) is 7.96. The van der Waals surface area contributed by atoms with E-state index in [9.17, 15) is 5.11 Å². The van der Waals surface area contributed by atoms with Crippen molar-refractivity contribution in [3.05, 3.63) is 29.3 Å². The minimum atomic E-state index is 0.0283. The largest absolute Gasteiger partial charge is 0.508 e. The average Bonchev–Trinajstić information content (AvgIpc) is 2.85. The monoisotopic (exact) mass is 177 g/mol. The predicted molar refractivity (Wildman–Crippen MR) is 52.5 cm³/mol. The third-order valence-electron chi connectivity index (χ3n) is 2.67. The number of benzene rings is 1. The molecular weight excluding hydrogens is 162 g/mol. The van der Waals surface area contributed by atoms with Gasteiger partial charge in [0.1, 0.15) is 5.75 Å². The van der Waals surface area contributed by atoms with E-state index >= 15 is 0 Å². The first-order chi connectivity index (χ1) is 6.18. The number of aryl methyl sites for hydroxylation is 1. The van der Waals surface area contributed by atoms with E-state index in [0.717, 1.165) is 11.1 Å². The van der Waals surface area contributed by atoms with Crippen molar-refractivity contribution in [1.82, 2.24) is 0 Å². The second-order valence-corrected chi connectivity index (χ2v) is 3.93. The highest BCUT2D eigenvalue weighted by Crippen LogP contribution is 2.41. The Hall–Kier alpha value is -1.02. The molecule has 1 aromatic carbocycles. The van der Waals surface area contributed by atoms with E-state index in [-0.39, 0.29) is 6.04 Å². The summed E-state index contributed by atoms with van der Waals surface area (Å²) < 4.78 is 0. The van der Waals surface area contributed by atoms with E-state index < -0.39 is 0 Å². The van der Waals surface area contributed by atoms with Gasteiger partial charge in [-0.05, 0) is 37.3 Å². The van der Waals surface area contributed by atoms with E-state index in [0.29, 0.717) is 11.7 Å². The molecule has 0 aromatic heterocycles. The highest BCUT2D eigenvalue weighted by molar-refractivity contribution is 5.38. The van der Waals surface area contributed by atoms with Gasteiger partial charge in [-0.1, -0.05) is 12.1 Å². The zero-order valence-electron chi connectivity index (χ0n) is 7.83. The Morgan fingerprint density at radius 2 is 2.15 bits per heavy atom. The second kappa shape index (κ2) is 3.04. The van der Waals surface area contributed by atoms with Crippen LogP contribution in [0.2, 0.25) is 0 Å². The maximum absolute atomic E-state index is 9.66. The van der Waals surface area contributed by atoms with Gasteiger partial charge in [0.15, 0.2) is 0 Å². The Labute approximate surface area is 78.4 Å². The molecule has 1 aliphatic carbocycles. The van der Waals surface area contributed by atoms with Gasteiger partial charge in [0.2, 0.25) is 0 Å². The number of phenolic OH excluding ortho intramolecular Hbond substituents is 1. The topological polar surface area (TPSA) is 46.2 Å². The molecule has 0 saturated heterocycles. The van der Waals surface area contributed by atoms with Crippen LogP contribution in [0.1, 0.15) is 30.0 Å². The zero-order valence-corrected chi connectivity index (χ0v) is 7.83. The van der Waals surface area contributed by atoms with E-state index in [1.165, 1.54) is 12.8 Å². The van der Waals surface area contributed by atoms with Crippen molar-refractivity contribution in [2.45, 2.75) is 25.8 Å². The van der Waals surface area contributed by atoms with Crippen LogP contribution in [0.25, 0.3) is 0 Å². The van der Waals surface area contributed by atoms with Crippen LogP contribution in [0, 0.1) is 12.8 Å². The first kappa shape index (κ1) is 8.57. The zero-order chi connectivity index (χ0) is 9.42. The van der Waals surface area contributed by atoms with Crippen LogP contribution in [0.5, 0.6) is 5.75 Å². The van der Waals surface area contributed by atoms with Crippen LogP contribution in [-0.2, 0) is 0 Å². The predicted octanol–water partition coefficient (Wildman–Crippen LogP) is 2.11. The lowest BCUT2D eigenvalue weighted by molar-refractivity contribution is 0.456. The molecule has 1 aliphatic rings. The summed E-state index contributed by atoms with van der Waals surface area (Å²) >= 11 is 0. The molecule has 0 aliphatic heterocycles. The molecule has 0 bridgehead atoms. The van der Waals surface area contributed by atoms with Gasteiger partial charge in [-0.3, -0.25) is 0 Å². The van der Waals surface area contributed by atoms with Crippen molar-refractivity contribution in [3.8, 4) is 5.75 Å². The van der Waals surface area contributed by atoms with Gasteiger partial charge < -0.3 is 10.8 Å². The third kappa shape index (κ3) is 1.68. The van der Waals surface area contributed by atoms with E-state index in [4.69, 9.17) is 5.73 Å². The SMILES string of the molecule is Cc1ccc([C@@H](N)C2CC2)c(O)c1. The smallest absolute Gasteiger partial charge is 0.120 e. The summed E-state index contributed by atoms with van der Waals surface area (Å²) in [5, 5.41) is 9.66. The number of rotatable bonds is 2. The highest BCUT2D eigenvalue weighted by atomic mass is 16.3. The fourth-order valence-electron chi connectivity index (χ4n) is 1.64. The van der Waals surface area contributed by atoms with E-state index in [1.54, 1.807) is 6.07 Å². The summed E-state index contributed by atoms with van der Waals surface area (Å²) in [4.78, 5) is 0. The third-order valence-corrected chi connectivity index (χ3v) is 2.67. The van der Waals surface area contributed by atoms with Crippen LogP contribution in [-0.4, -0.2) is 5.11 Å². The normalized spacial score (nSPS) is 18.6. The Kier molecular flexibility index (Phi) is 2.00. The van der Waals surface area contributed by atoms with Gasteiger partial charge in [-0.15, -0.1) is 0 Å². The molecule has 13 heavy (non-hydrogen) atoms. The molecule has 1 fully saturated rings. The summed E-state index contributed by atoms with van der Waals surface area (Å²) in [6.45, 7) is 1.96. The van der Waals surface area contributed by atoms with Gasteiger partial charge in [0.05, 0.1) is 0 Å². The first-order valence-electron chi connectivity index (χ1n) is 4.73. The fourth-order valence-corrected chi connectivity index (χ4v) is 1.64. The molecule has 1 atom stereocenters. The van der Waals surface area contributed by atoms with Gasteiger partial charge in [0.25, 0.3) is 0 Å². The number of nitrogens with two attached hydrogens (primary N) is 1. The Morgan fingerprint density at radius 3 is 2.69 bits per heavy atom. The molecule has 0 unspecified atom stereocenters. The lowest BCUT2D eigenvalue weighted by Crippen LogP contribution is -2.12. The number of aromatic hydroxyl groups is 1. The molecule has 70 valence electrons. The van der Waals surface area contributed by atoms with Crippen molar-refractivity contribution in [2.24, 2.45) is 11.7 Å². The van der Waals surface area contributed by atoms with Gasteiger partial charge in [-0.2, -0.15) is 0 Å². The van der Waals surface area contributed by atoms with Gasteiger partial charge >= 0.3 is 0 Å². The number of hydrogen-bond donors (Lipinski definition) is 2. The highest BCUT2D eigenvalue weighted by Gasteiger charge is 2.30. The lowest BCUT2D eigenvalue weighted by atomic mass is 10.0. The van der Waals surface area contributed by atoms with Crippen molar-refractivity contribution in [3.63, 3.8) is 0 Å². The minimum absolute atomic E-state index is 0.0283. The molecule has 2 heteroatoms. The summed E-state index contributed by atoms with van der Waals surface area (Å²) in [7, 11) is 0. The number of phenols is 1. The molecular formula is C11H15NO. The Morgan fingerprint density at radius 1 is 1.46 bits per heavy atom. The lowest BCUT2D eigenvalue weighted by Gasteiger charge is -2.12. The second-order valence-electron chi connectivity index (χ2n) is 3.93. The number of hydrogen-bond acceptors (Lipinski definition) is 2. The van der Waals surface area contributed by atoms with Crippen LogP contribution >= 0.6 is 0 Å². The van der Waals surface area contributed by atoms with Crippen LogP contribution in [0.3, 0.4) is 0 Å². The Balaban J connectivity index is 2.28. The summed E-state index contributed by atoms with van der Waals surface area (Å²) in [5.74, 6) is 0.938. The first-order valence-corrected chi connectivity index (χ1v) is 4.73. The fraction of sp³-hybridized carbons (Fsp3) is 0.455. The molecule has 0 amide bonds. The van der Waals surface area contributed by atoms with Crippen LogP contribution in [0.4, 0.5) is 0 Å². The molecule has 2 nitrogen and oxygen atoms in total. The van der Waals surface area contributed by atoms with Crippen LogP contribution in [0.15, 0.2) is 18.2 Å². The molecule has 1 saturated carbocycles. The van der Waals surface area contributed by atoms with Crippen molar-refractivity contribution in [1.29, 1.82) is 0 Å². The minimum Gasteiger partial charge on any atom is -0.508 e. The summed E-state index contributed by atoms with van der Waals surface area (Å²) in [6.07, 6.45) is 2.41. The summed E-state index contributed by atoms with van der Waals surface area (Å²) in [6, 6.07) is 5.74. The molecule has 0 spiro atoms.